The number of pyridine rings is 1. The van der Waals surface area contributed by atoms with Crippen molar-refractivity contribution in [2.75, 3.05) is 10.6 Å². The second-order valence-electron chi connectivity index (χ2n) is 11.1. The summed E-state index contributed by atoms with van der Waals surface area (Å²) in [7, 11) is 0. The quantitative estimate of drug-likeness (QED) is 0.214. The number of thiazole rings is 1. The zero-order chi connectivity index (χ0) is 28.9. The average molecular weight is 583 g/mol. The second kappa shape index (κ2) is 10.8. The number of aryl methyl sites for hydroxylation is 2. The highest BCUT2D eigenvalue weighted by Crippen LogP contribution is 2.45. The summed E-state index contributed by atoms with van der Waals surface area (Å²) < 4.78 is 29.5. The Morgan fingerprint density at radius 3 is 2.44 bits per heavy atom. The minimum absolute atomic E-state index is 0.134. The van der Waals surface area contributed by atoms with Crippen molar-refractivity contribution < 1.29 is 24.1 Å². The van der Waals surface area contributed by atoms with Gasteiger partial charge >= 0.3 is 0 Å². The Balaban J connectivity index is 1.37. The van der Waals surface area contributed by atoms with Crippen LogP contribution < -0.4 is 10.6 Å². The first-order valence-electron chi connectivity index (χ1n) is 13.8. The molecule has 0 bridgehead atoms. The fourth-order valence-corrected chi connectivity index (χ4v) is 7.32. The summed E-state index contributed by atoms with van der Waals surface area (Å²) in [5.41, 5.74) is 1.55. The van der Waals surface area contributed by atoms with Gasteiger partial charge in [-0.05, 0) is 51.3 Å². The summed E-state index contributed by atoms with van der Waals surface area (Å²) in [5.74, 6) is -1.35. The SMILES string of the molecule is Cc1nc(NCc2c(F)cccc2F)nc(NC2CC(C3(O)CCCC3)C(O)C2O)c1-c1nc2c(C)nccc2s1. The van der Waals surface area contributed by atoms with Crippen LogP contribution in [0.5, 0.6) is 0 Å². The van der Waals surface area contributed by atoms with Gasteiger partial charge in [-0.1, -0.05) is 18.9 Å². The third kappa shape index (κ3) is 5.14. The summed E-state index contributed by atoms with van der Waals surface area (Å²) in [6.45, 7) is 3.49. The number of halogens is 2. The lowest BCUT2D eigenvalue weighted by Crippen LogP contribution is -2.42. The van der Waals surface area contributed by atoms with Crippen molar-refractivity contribution >= 4 is 33.3 Å². The number of nitrogens with one attached hydrogen (secondary N) is 2. The van der Waals surface area contributed by atoms with Gasteiger partial charge in [0.2, 0.25) is 5.95 Å². The first-order chi connectivity index (χ1) is 19.6. The van der Waals surface area contributed by atoms with Gasteiger partial charge in [-0.25, -0.2) is 18.7 Å². The van der Waals surface area contributed by atoms with Gasteiger partial charge < -0.3 is 26.0 Å². The Bertz CT molecular complexity index is 1570. The highest BCUT2D eigenvalue weighted by Gasteiger charge is 2.52. The number of fused-ring (bicyclic) bond motifs is 1. The van der Waals surface area contributed by atoms with Crippen molar-refractivity contribution in [1.82, 2.24) is 19.9 Å². The molecule has 2 saturated carbocycles. The van der Waals surface area contributed by atoms with Gasteiger partial charge in [0, 0.05) is 24.2 Å². The fraction of sp³-hybridized carbons (Fsp3) is 0.448. The van der Waals surface area contributed by atoms with E-state index in [0.29, 0.717) is 41.3 Å². The predicted octanol–water partition coefficient (Wildman–Crippen LogP) is 4.48. The molecule has 1 aromatic carbocycles. The van der Waals surface area contributed by atoms with Gasteiger partial charge in [-0.2, -0.15) is 4.98 Å². The second-order valence-corrected chi connectivity index (χ2v) is 12.1. The van der Waals surface area contributed by atoms with Gasteiger partial charge in [-0.15, -0.1) is 11.3 Å². The molecule has 216 valence electrons. The number of hydrogen-bond donors (Lipinski definition) is 5. The molecule has 2 aliphatic rings. The number of anilines is 2. The molecule has 9 nitrogen and oxygen atoms in total. The summed E-state index contributed by atoms with van der Waals surface area (Å²) in [5, 5.41) is 40.0. The molecule has 0 spiro atoms. The zero-order valence-electron chi connectivity index (χ0n) is 22.7. The molecule has 6 rings (SSSR count). The standard InChI is InChI=1S/C29H32F2N6O3S/c1-14-22(27-36-23-15(2)32-11-8-21(23)41-27)26(37-28(34-14)33-13-16-18(30)6-5-7-19(16)31)35-20-12-17(24(38)25(20)39)29(40)9-3-4-10-29/h5-8,11,17,20,24-25,38-40H,3-4,9-10,12-13H2,1-2H3,(H2,33,34,35,37). The molecular formula is C29H32F2N6O3S. The van der Waals surface area contributed by atoms with Gasteiger partial charge in [0.05, 0.1) is 39.4 Å². The Labute approximate surface area is 239 Å². The largest absolute Gasteiger partial charge is 0.390 e. The first-order valence-corrected chi connectivity index (χ1v) is 14.6. The number of benzene rings is 1. The third-order valence-electron chi connectivity index (χ3n) is 8.44. The average Bonchev–Trinajstić information content (AvgIpc) is 3.64. The van der Waals surface area contributed by atoms with Gasteiger partial charge in [0.1, 0.15) is 34.1 Å². The Hall–Kier alpha value is -3.32. The molecule has 12 heteroatoms. The summed E-state index contributed by atoms with van der Waals surface area (Å²) >= 11 is 1.45. The number of nitrogens with zero attached hydrogens (tertiary/aromatic N) is 4. The fourth-order valence-electron chi connectivity index (χ4n) is 6.21. The number of rotatable bonds is 7. The molecular weight excluding hydrogens is 550 g/mol. The van der Waals surface area contributed by atoms with Crippen LogP contribution in [0.15, 0.2) is 30.5 Å². The van der Waals surface area contributed by atoms with Gasteiger partial charge in [-0.3, -0.25) is 4.98 Å². The van der Waals surface area contributed by atoms with E-state index in [-0.39, 0.29) is 18.1 Å². The number of aromatic nitrogens is 4. The molecule has 4 atom stereocenters. The van der Waals surface area contributed by atoms with Crippen molar-refractivity contribution in [2.24, 2.45) is 5.92 Å². The normalized spacial score (nSPS) is 23.8. The van der Waals surface area contributed by atoms with E-state index in [2.05, 4.69) is 25.6 Å². The summed E-state index contributed by atoms with van der Waals surface area (Å²) in [4.78, 5) is 18.4. The smallest absolute Gasteiger partial charge is 0.225 e. The molecule has 3 aromatic heterocycles. The molecule has 0 radical (unpaired) electrons. The van der Waals surface area contributed by atoms with Crippen molar-refractivity contribution in [2.45, 2.75) is 76.3 Å². The summed E-state index contributed by atoms with van der Waals surface area (Å²) in [6, 6.07) is 4.96. The molecule has 41 heavy (non-hydrogen) atoms. The maximum Gasteiger partial charge on any atom is 0.225 e. The monoisotopic (exact) mass is 582 g/mol. The molecule has 0 amide bonds. The van der Waals surface area contributed by atoms with Crippen molar-refractivity contribution in [1.29, 1.82) is 0 Å². The van der Waals surface area contributed by atoms with Gasteiger partial charge in [0.15, 0.2) is 0 Å². The van der Waals surface area contributed by atoms with Crippen LogP contribution in [0.3, 0.4) is 0 Å². The topological polar surface area (TPSA) is 136 Å². The van der Waals surface area contributed by atoms with E-state index in [1.165, 1.54) is 29.5 Å². The van der Waals surface area contributed by atoms with Crippen LogP contribution in [0, 0.1) is 31.4 Å². The minimum Gasteiger partial charge on any atom is -0.390 e. The molecule has 2 fully saturated rings. The van der Waals surface area contributed by atoms with Crippen molar-refractivity contribution in [3.63, 3.8) is 0 Å². The number of aliphatic hydroxyl groups is 3. The van der Waals surface area contributed by atoms with Crippen LogP contribution in [0.2, 0.25) is 0 Å². The molecule has 0 aliphatic heterocycles. The van der Waals surface area contributed by atoms with E-state index in [1.807, 2.05) is 13.0 Å². The van der Waals surface area contributed by atoms with E-state index in [9.17, 15) is 24.1 Å². The Morgan fingerprint density at radius 1 is 1.00 bits per heavy atom. The third-order valence-corrected chi connectivity index (χ3v) is 9.48. The lowest BCUT2D eigenvalue weighted by Gasteiger charge is -2.32. The maximum atomic E-state index is 14.3. The van der Waals surface area contributed by atoms with Crippen LogP contribution in [-0.4, -0.2) is 59.1 Å². The number of hydrogen-bond acceptors (Lipinski definition) is 10. The molecule has 4 unspecified atom stereocenters. The maximum absolute atomic E-state index is 14.3. The first kappa shape index (κ1) is 27.8. The molecule has 2 aliphatic carbocycles. The molecule has 4 aromatic rings. The minimum atomic E-state index is -1.14. The highest BCUT2D eigenvalue weighted by molar-refractivity contribution is 7.21. The lowest BCUT2D eigenvalue weighted by atomic mass is 9.83. The summed E-state index contributed by atoms with van der Waals surface area (Å²) in [6.07, 6.45) is 2.77. The molecule has 0 saturated heterocycles. The van der Waals surface area contributed by atoms with E-state index in [1.54, 1.807) is 13.1 Å². The lowest BCUT2D eigenvalue weighted by molar-refractivity contribution is -0.0763. The van der Waals surface area contributed by atoms with E-state index in [4.69, 9.17) is 4.98 Å². The van der Waals surface area contributed by atoms with Crippen LogP contribution >= 0.6 is 11.3 Å². The molecule has 3 heterocycles. The molecule has 5 N–H and O–H groups in total. The highest BCUT2D eigenvalue weighted by atomic mass is 32.1. The van der Waals surface area contributed by atoms with Crippen LogP contribution in [-0.2, 0) is 6.54 Å². The van der Waals surface area contributed by atoms with E-state index < -0.39 is 41.4 Å². The van der Waals surface area contributed by atoms with Crippen LogP contribution in [0.1, 0.15) is 49.1 Å². The Kier molecular flexibility index (Phi) is 7.35. The Morgan fingerprint density at radius 2 is 1.73 bits per heavy atom. The van der Waals surface area contributed by atoms with Crippen LogP contribution in [0.4, 0.5) is 20.5 Å². The van der Waals surface area contributed by atoms with E-state index in [0.717, 1.165) is 28.8 Å². The van der Waals surface area contributed by atoms with E-state index >= 15 is 0 Å². The van der Waals surface area contributed by atoms with Crippen molar-refractivity contribution in [3.8, 4) is 10.6 Å². The van der Waals surface area contributed by atoms with Gasteiger partial charge in [0.25, 0.3) is 0 Å². The number of aliphatic hydroxyl groups excluding tert-OH is 2. The predicted molar refractivity (Wildman–Crippen MR) is 153 cm³/mol. The van der Waals surface area contributed by atoms with Crippen LogP contribution in [0.25, 0.3) is 20.8 Å². The van der Waals surface area contributed by atoms with Crippen molar-refractivity contribution in [3.05, 3.63) is 59.0 Å². The zero-order valence-corrected chi connectivity index (χ0v) is 23.5.